The molecule has 3 rings (SSSR count). The number of ether oxygens (including phenoxy) is 3. The van der Waals surface area contributed by atoms with Gasteiger partial charge in [0.05, 0.1) is 27.4 Å². The van der Waals surface area contributed by atoms with Crippen LogP contribution in [-0.2, 0) is 11.3 Å². The monoisotopic (exact) mass is 370 g/mol. The van der Waals surface area contributed by atoms with Crippen LogP contribution >= 0.6 is 0 Å². The highest BCUT2D eigenvalue weighted by Gasteiger charge is 2.29. The molecule has 1 fully saturated rings. The molecule has 0 saturated carbocycles. The fraction of sp³-hybridized carbons (Fsp3) is 0.381. The zero-order chi connectivity index (χ0) is 19.2. The molecule has 6 heteroatoms. The van der Waals surface area contributed by atoms with Crippen LogP contribution < -0.4 is 24.8 Å². The fourth-order valence-corrected chi connectivity index (χ4v) is 3.39. The third-order valence-electron chi connectivity index (χ3n) is 4.89. The maximum Gasteiger partial charge on any atom is 0.220 e. The van der Waals surface area contributed by atoms with E-state index in [1.165, 1.54) is 0 Å². The minimum atomic E-state index is -0.0719. The molecule has 0 spiro atoms. The highest BCUT2D eigenvalue weighted by atomic mass is 16.5. The topological polar surface area (TPSA) is 68.8 Å². The number of rotatable bonds is 7. The summed E-state index contributed by atoms with van der Waals surface area (Å²) in [5, 5.41) is 6.69. The molecule has 2 aromatic rings. The van der Waals surface area contributed by atoms with E-state index < -0.39 is 0 Å². The Bertz CT molecular complexity index is 776. The van der Waals surface area contributed by atoms with Crippen molar-refractivity contribution in [2.75, 3.05) is 21.3 Å². The highest BCUT2D eigenvalue weighted by molar-refractivity contribution is 5.77. The molecule has 2 atom stereocenters. The summed E-state index contributed by atoms with van der Waals surface area (Å²) in [6.07, 6.45) is 1.31. The van der Waals surface area contributed by atoms with Gasteiger partial charge in [0.15, 0.2) is 11.5 Å². The normalized spacial score (nSPS) is 19.3. The molecule has 144 valence electrons. The largest absolute Gasteiger partial charge is 0.497 e. The lowest BCUT2D eigenvalue weighted by molar-refractivity contribution is -0.123. The zero-order valence-electron chi connectivity index (χ0n) is 16.0. The average Bonchev–Trinajstić information content (AvgIpc) is 2.72. The first-order valence-corrected chi connectivity index (χ1v) is 9.02. The smallest absolute Gasteiger partial charge is 0.220 e. The summed E-state index contributed by atoms with van der Waals surface area (Å²) < 4.78 is 15.9. The van der Waals surface area contributed by atoms with Crippen molar-refractivity contribution >= 4 is 5.91 Å². The molecule has 1 heterocycles. The van der Waals surface area contributed by atoms with Gasteiger partial charge in [0.1, 0.15) is 5.75 Å². The van der Waals surface area contributed by atoms with Crippen molar-refractivity contribution in [1.29, 1.82) is 0 Å². The third kappa shape index (κ3) is 4.52. The van der Waals surface area contributed by atoms with Crippen LogP contribution in [0.5, 0.6) is 17.2 Å². The average molecular weight is 370 g/mol. The van der Waals surface area contributed by atoms with Crippen LogP contribution in [0.1, 0.15) is 30.0 Å². The number of piperidine rings is 1. The number of hydrogen-bond donors (Lipinski definition) is 2. The Labute approximate surface area is 159 Å². The number of methoxy groups -OCH3 is 3. The van der Waals surface area contributed by atoms with Crippen LogP contribution in [-0.4, -0.2) is 33.3 Å². The van der Waals surface area contributed by atoms with E-state index in [0.717, 1.165) is 23.3 Å². The van der Waals surface area contributed by atoms with Gasteiger partial charge in [-0.2, -0.15) is 0 Å². The molecule has 1 aliphatic rings. The Balaban J connectivity index is 1.72. The maximum atomic E-state index is 11.9. The van der Waals surface area contributed by atoms with E-state index in [0.29, 0.717) is 24.5 Å². The van der Waals surface area contributed by atoms with Gasteiger partial charge in [-0.3, -0.25) is 4.79 Å². The molecule has 1 aliphatic heterocycles. The van der Waals surface area contributed by atoms with Crippen molar-refractivity contribution in [3.8, 4) is 17.2 Å². The van der Waals surface area contributed by atoms with Gasteiger partial charge in [0, 0.05) is 19.0 Å². The van der Waals surface area contributed by atoms with E-state index in [1.54, 1.807) is 21.3 Å². The summed E-state index contributed by atoms with van der Waals surface area (Å²) in [5.41, 5.74) is 2.16. The first-order chi connectivity index (χ1) is 13.1. The maximum absolute atomic E-state index is 11.9. The molecule has 0 radical (unpaired) electrons. The fourth-order valence-electron chi connectivity index (χ4n) is 3.39. The van der Waals surface area contributed by atoms with E-state index >= 15 is 0 Å². The van der Waals surface area contributed by atoms with E-state index in [4.69, 9.17) is 14.2 Å². The summed E-state index contributed by atoms with van der Waals surface area (Å²) in [6, 6.07) is 13.8. The second-order valence-corrected chi connectivity index (χ2v) is 6.53. The van der Waals surface area contributed by atoms with Gasteiger partial charge < -0.3 is 24.8 Å². The Morgan fingerprint density at radius 2 is 1.74 bits per heavy atom. The minimum absolute atomic E-state index is 0.0719. The predicted molar refractivity (Wildman–Crippen MR) is 103 cm³/mol. The number of nitrogens with one attached hydrogen (secondary N) is 2. The lowest BCUT2D eigenvalue weighted by Gasteiger charge is -2.33. The molecule has 0 bridgehead atoms. The van der Waals surface area contributed by atoms with Crippen LogP contribution in [0.15, 0.2) is 42.5 Å². The van der Waals surface area contributed by atoms with Crippen molar-refractivity contribution in [1.82, 2.24) is 10.6 Å². The quantitative estimate of drug-likeness (QED) is 0.784. The van der Waals surface area contributed by atoms with Crippen LogP contribution in [0.2, 0.25) is 0 Å². The summed E-state index contributed by atoms with van der Waals surface area (Å²) in [4.78, 5) is 11.9. The molecule has 27 heavy (non-hydrogen) atoms. The van der Waals surface area contributed by atoms with Crippen LogP contribution in [0.25, 0.3) is 0 Å². The van der Waals surface area contributed by atoms with Crippen LogP contribution in [0.3, 0.4) is 0 Å². The number of carbonyl (C=O) groups is 1. The van der Waals surface area contributed by atoms with E-state index in [9.17, 15) is 4.79 Å². The second kappa shape index (κ2) is 8.77. The van der Waals surface area contributed by atoms with Gasteiger partial charge >= 0.3 is 0 Å². The first-order valence-electron chi connectivity index (χ1n) is 9.02. The Kier molecular flexibility index (Phi) is 6.19. The van der Waals surface area contributed by atoms with Gasteiger partial charge in [0.2, 0.25) is 5.91 Å². The molecule has 0 aliphatic carbocycles. The van der Waals surface area contributed by atoms with Crippen LogP contribution in [0.4, 0.5) is 0 Å². The highest BCUT2D eigenvalue weighted by Crippen LogP contribution is 2.29. The third-order valence-corrected chi connectivity index (χ3v) is 4.89. The van der Waals surface area contributed by atoms with Gasteiger partial charge in [-0.25, -0.2) is 0 Å². The molecule has 2 N–H and O–H groups in total. The Morgan fingerprint density at radius 1 is 1.00 bits per heavy atom. The van der Waals surface area contributed by atoms with Crippen LogP contribution in [0, 0.1) is 0 Å². The van der Waals surface area contributed by atoms with Crippen molar-refractivity contribution in [3.63, 3.8) is 0 Å². The molecule has 2 aromatic carbocycles. The Morgan fingerprint density at radius 3 is 2.41 bits per heavy atom. The van der Waals surface area contributed by atoms with Crippen molar-refractivity contribution in [2.24, 2.45) is 0 Å². The number of hydrogen-bond acceptors (Lipinski definition) is 5. The Hall–Kier alpha value is -2.73. The van der Waals surface area contributed by atoms with Gasteiger partial charge in [0.25, 0.3) is 0 Å². The molecule has 1 amide bonds. The van der Waals surface area contributed by atoms with Gasteiger partial charge in [-0.05, 0) is 41.8 Å². The number of carbonyl (C=O) groups excluding carboxylic acids is 1. The van der Waals surface area contributed by atoms with E-state index in [2.05, 4.69) is 10.6 Å². The summed E-state index contributed by atoms with van der Waals surface area (Å²) in [5.74, 6) is 2.30. The van der Waals surface area contributed by atoms with Crippen molar-refractivity contribution in [2.45, 2.75) is 31.5 Å². The molecule has 1 saturated heterocycles. The standard InChI is InChI=1S/C21H26N2O4/c1-25-16-7-5-15(6-8-16)21-17(9-11-20(24)23-21)22-13-14-4-10-18(26-2)19(12-14)27-3/h4-8,10,12,17,21-22H,9,11,13H2,1-3H3,(H,23,24)/t17-,21+/m1/s1. The summed E-state index contributed by atoms with van der Waals surface area (Å²) >= 11 is 0. The molecule has 0 aromatic heterocycles. The predicted octanol–water partition coefficient (Wildman–Crippen LogP) is 2.82. The number of amides is 1. The lowest BCUT2D eigenvalue weighted by Crippen LogP contribution is -2.48. The van der Waals surface area contributed by atoms with Gasteiger partial charge in [-0.1, -0.05) is 18.2 Å². The molecule has 6 nitrogen and oxygen atoms in total. The SMILES string of the molecule is COc1ccc([C@@H]2NC(=O)CC[C@H]2NCc2ccc(OC)c(OC)c2)cc1. The second-order valence-electron chi connectivity index (χ2n) is 6.53. The molecule has 0 unspecified atom stereocenters. The van der Waals surface area contributed by atoms with Gasteiger partial charge in [-0.15, -0.1) is 0 Å². The summed E-state index contributed by atoms with van der Waals surface area (Å²) in [7, 11) is 4.90. The van der Waals surface area contributed by atoms with Crippen molar-refractivity contribution in [3.05, 3.63) is 53.6 Å². The molecular weight excluding hydrogens is 344 g/mol. The zero-order valence-corrected chi connectivity index (χ0v) is 16.0. The van der Waals surface area contributed by atoms with Crippen molar-refractivity contribution < 1.29 is 19.0 Å². The molecular formula is C21H26N2O4. The van der Waals surface area contributed by atoms with E-state index in [-0.39, 0.29) is 18.0 Å². The summed E-state index contributed by atoms with van der Waals surface area (Å²) in [6.45, 7) is 0.674. The minimum Gasteiger partial charge on any atom is -0.497 e. The van der Waals surface area contributed by atoms with E-state index in [1.807, 2.05) is 42.5 Å². The number of benzene rings is 2. The lowest BCUT2D eigenvalue weighted by atomic mass is 9.91. The first kappa shape index (κ1) is 19.0.